The minimum Gasteiger partial charge on any atom is -0.392 e. The molecule has 2 rings (SSSR count). The molecule has 15 heavy (non-hydrogen) atoms. The minimum absolute atomic E-state index is 0.158. The van der Waals surface area contributed by atoms with E-state index in [2.05, 4.69) is 6.92 Å². The Kier molecular flexibility index (Phi) is 3.19. The van der Waals surface area contributed by atoms with Crippen LogP contribution in [0.25, 0.3) is 0 Å². The van der Waals surface area contributed by atoms with Crippen molar-refractivity contribution >= 4 is 17.1 Å². The zero-order valence-corrected chi connectivity index (χ0v) is 9.54. The molecule has 4 heteroatoms. The highest BCUT2D eigenvalue weighted by molar-refractivity contribution is 7.12. The first kappa shape index (κ1) is 10.8. The first-order valence-corrected chi connectivity index (χ1v) is 6.03. The maximum atomic E-state index is 11.8. The van der Waals surface area contributed by atoms with Crippen molar-refractivity contribution < 1.29 is 9.90 Å². The average Bonchev–Trinajstić information content (AvgIpc) is 2.76. The van der Waals surface area contributed by atoms with Crippen molar-refractivity contribution in [3.63, 3.8) is 0 Å². The van der Waals surface area contributed by atoms with Gasteiger partial charge in [0, 0.05) is 12.6 Å². The second kappa shape index (κ2) is 4.43. The number of ketones is 1. The summed E-state index contributed by atoms with van der Waals surface area (Å²) in [6, 6.07) is 4.05. The fourth-order valence-corrected chi connectivity index (χ4v) is 2.64. The second-order valence-corrected chi connectivity index (χ2v) is 5.02. The van der Waals surface area contributed by atoms with Gasteiger partial charge in [0.1, 0.15) is 0 Å². The van der Waals surface area contributed by atoms with Crippen LogP contribution in [0, 0.1) is 0 Å². The van der Waals surface area contributed by atoms with E-state index in [0.717, 1.165) is 11.3 Å². The largest absolute Gasteiger partial charge is 0.392 e. The Hall–Kier alpha value is -0.710. The van der Waals surface area contributed by atoms with Gasteiger partial charge in [0.2, 0.25) is 0 Å². The van der Waals surface area contributed by atoms with Crippen LogP contribution in [0.3, 0.4) is 0 Å². The lowest BCUT2D eigenvalue weighted by atomic mass is 10.2. The first-order chi connectivity index (χ1) is 7.16. The van der Waals surface area contributed by atoms with Gasteiger partial charge in [-0.3, -0.25) is 9.69 Å². The van der Waals surface area contributed by atoms with E-state index in [1.54, 1.807) is 0 Å². The summed E-state index contributed by atoms with van der Waals surface area (Å²) in [5.74, 6) is 0.158. The van der Waals surface area contributed by atoms with Crippen LogP contribution in [0.4, 0.5) is 0 Å². The lowest BCUT2D eigenvalue weighted by Gasteiger charge is -2.18. The second-order valence-electron chi connectivity index (χ2n) is 4.07. The normalized spacial score (nSPS) is 27.1. The predicted molar refractivity (Wildman–Crippen MR) is 60.3 cm³/mol. The van der Waals surface area contributed by atoms with Crippen LogP contribution < -0.4 is 0 Å². The van der Waals surface area contributed by atoms with Crippen LogP contribution in [-0.2, 0) is 0 Å². The number of aliphatic hydroxyl groups is 1. The lowest BCUT2D eigenvalue weighted by molar-refractivity contribution is 0.0921. The van der Waals surface area contributed by atoms with E-state index >= 15 is 0 Å². The number of rotatable bonds is 3. The number of hydrogen-bond acceptors (Lipinski definition) is 4. The number of carbonyl (C=O) groups is 1. The van der Waals surface area contributed by atoms with Crippen molar-refractivity contribution in [2.24, 2.45) is 0 Å². The molecule has 1 fully saturated rings. The van der Waals surface area contributed by atoms with Gasteiger partial charge in [0.15, 0.2) is 5.78 Å². The van der Waals surface area contributed by atoms with Crippen molar-refractivity contribution in [3.8, 4) is 0 Å². The third kappa shape index (κ3) is 2.45. The molecular weight excluding hydrogens is 210 g/mol. The number of carbonyl (C=O) groups excluding carboxylic acids is 1. The SMILES string of the molecule is CC1CC(O)CN1CC(=O)c1cccs1. The number of Topliss-reactive ketones (excluding diaryl/α,β-unsaturated/α-hetero) is 1. The van der Waals surface area contributed by atoms with E-state index in [4.69, 9.17) is 0 Å². The van der Waals surface area contributed by atoms with Gasteiger partial charge in [0.05, 0.1) is 17.5 Å². The van der Waals surface area contributed by atoms with Gasteiger partial charge in [-0.15, -0.1) is 11.3 Å². The summed E-state index contributed by atoms with van der Waals surface area (Å²) >= 11 is 1.48. The van der Waals surface area contributed by atoms with Crippen molar-refractivity contribution in [1.29, 1.82) is 0 Å². The maximum absolute atomic E-state index is 11.8. The van der Waals surface area contributed by atoms with Crippen LogP contribution in [-0.4, -0.2) is 41.0 Å². The Labute approximate surface area is 93.3 Å². The monoisotopic (exact) mass is 225 g/mol. The lowest BCUT2D eigenvalue weighted by Crippen LogP contribution is -2.32. The number of likely N-dealkylation sites (tertiary alicyclic amines) is 1. The molecule has 1 saturated heterocycles. The van der Waals surface area contributed by atoms with Gasteiger partial charge >= 0.3 is 0 Å². The molecule has 0 bridgehead atoms. The molecule has 2 atom stereocenters. The van der Waals surface area contributed by atoms with Gasteiger partial charge in [0.25, 0.3) is 0 Å². The third-order valence-corrected chi connectivity index (χ3v) is 3.74. The van der Waals surface area contributed by atoms with Gasteiger partial charge in [-0.2, -0.15) is 0 Å². The molecule has 3 nitrogen and oxygen atoms in total. The highest BCUT2D eigenvalue weighted by Gasteiger charge is 2.28. The Balaban J connectivity index is 1.95. The summed E-state index contributed by atoms with van der Waals surface area (Å²) in [5, 5.41) is 11.4. The van der Waals surface area contributed by atoms with Crippen molar-refractivity contribution in [2.75, 3.05) is 13.1 Å². The van der Waals surface area contributed by atoms with E-state index in [1.165, 1.54) is 11.3 Å². The van der Waals surface area contributed by atoms with Crippen molar-refractivity contribution in [2.45, 2.75) is 25.5 Å². The number of thiophene rings is 1. The van der Waals surface area contributed by atoms with E-state index in [9.17, 15) is 9.90 Å². The van der Waals surface area contributed by atoms with Crippen LogP contribution in [0.5, 0.6) is 0 Å². The van der Waals surface area contributed by atoms with Gasteiger partial charge < -0.3 is 5.11 Å². The minimum atomic E-state index is -0.267. The summed E-state index contributed by atoms with van der Waals surface area (Å²) in [5.41, 5.74) is 0. The van der Waals surface area contributed by atoms with Crippen molar-refractivity contribution in [3.05, 3.63) is 22.4 Å². The molecule has 0 spiro atoms. The molecule has 1 aliphatic rings. The molecular formula is C11H15NO2S. The predicted octanol–water partition coefficient (Wildman–Crippen LogP) is 1.39. The van der Waals surface area contributed by atoms with E-state index < -0.39 is 0 Å². The van der Waals surface area contributed by atoms with Gasteiger partial charge in [-0.05, 0) is 24.8 Å². The molecule has 0 aliphatic carbocycles. The summed E-state index contributed by atoms with van der Waals surface area (Å²) in [4.78, 5) is 14.7. The van der Waals surface area contributed by atoms with Crippen LogP contribution in [0.15, 0.2) is 17.5 Å². The number of aliphatic hydroxyl groups excluding tert-OH is 1. The summed E-state index contributed by atoms with van der Waals surface area (Å²) in [6.45, 7) is 3.11. The van der Waals surface area contributed by atoms with Crippen molar-refractivity contribution in [1.82, 2.24) is 4.90 Å². The average molecular weight is 225 g/mol. The van der Waals surface area contributed by atoms with Gasteiger partial charge in [-0.1, -0.05) is 6.07 Å². The zero-order valence-electron chi connectivity index (χ0n) is 8.72. The number of β-amino-alcohol motifs (C(OH)–C–C–N with tert-alkyl or cyclic N) is 1. The topological polar surface area (TPSA) is 40.5 Å². The zero-order chi connectivity index (χ0) is 10.8. The Bertz CT molecular complexity index is 336. The summed E-state index contributed by atoms with van der Waals surface area (Å²) in [6.07, 6.45) is 0.508. The molecule has 82 valence electrons. The molecule has 2 unspecified atom stereocenters. The number of nitrogens with zero attached hydrogens (tertiary/aromatic N) is 1. The van der Waals surface area contributed by atoms with Crippen LogP contribution in [0.1, 0.15) is 23.0 Å². The summed E-state index contributed by atoms with van der Waals surface area (Å²) < 4.78 is 0. The molecule has 0 radical (unpaired) electrons. The first-order valence-electron chi connectivity index (χ1n) is 5.15. The van der Waals surface area contributed by atoms with E-state index in [0.29, 0.717) is 19.1 Å². The fourth-order valence-electron chi connectivity index (χ4n) is 1.99. The van der Waals surface area contributed by atoms with E-state index in [1.807, 2.05) is 22.4 Å². The third-order valence-electron chi connectivity index (χ3n) is 2.82. The van der Waals surface area contributed by atoms with Gasteiger partial charge in [-0.25, -0.2) is 0 Å². The highest BCUT2D eigenvalue weighted by Crippen LogP contribution is 2.18. The molecule has 1 aromatic rings. The van der Waals surface area contributed by atoms with Crippen LogP contribution in [0.2, 0.25) is 0 Å². The molecule has 0 saturated carbocycles. The summed E-state index contributed by atoms with van der Waals surface area (Å²) in [7, 11) is 0. The van der Waals surface area contributed by atoms with Crippen LogP contribution >= 0.6 is 11.3 Å². The molecule has 1 aliphatic heterocycles. The quantitative estimate of drug-likeness (QED) is 0.790. The van der Waals surface area contributed by atoms with E-state index in [-0.39, 0.29) is 11.9 Å². The Morgan fingerprint density at radius 3 is 3.07 bits per heavy atom. The molecule has 0 aromatic carbocycles. The Morgan fingerprint density at radius 2 is 2.53 bits per heavy atom. The highest BCUT2D eigenvalue weighted by atomic mass is 32.1. The maximum Gasteiger partial charge on any atom is 0.186 e. The molecule has 2 heterocycles. The molecule has 1 N–H and O–H groups in total. The fraction of sp³-hybridized carbons (Fsp3) is 0.545. The standard InChI is InChI=1S/C11H15NO2S/c1-8-5-9(13)6-12(8)7-10(14)11-3-2-4-15-11/h2-4,8-9,13H,5-7H2,1H3. The molecule has 1 aromatic heterocycles. The number of hydrogen-bond donors (Lipinski definition) is 1. The Morgan fingerprint density at radius 1 is 1.73 bits per heavy atom. The molecule has 0 amide bonds. The smallest absolute Gasteiger partial charge is 0.186 e.